The second-order valence-corrected chi connectivity index (χ2v) is 6.97. The maximum absolute atomic E-state index is 13.3. The van der Waals surface area contributed by atoms with E-state index in [1.54, 1.807) is 30.0 Å². The Labute approximate surface area is 158 Å². The van der Waals surface area contributed by atoms with Crippen LogP contribution in [-0.4, -0.2) is 47.8 Å². The summed E-state index contributed by atoms with van der Waals surface area (Å²) in [6.07, 6.45) is 0.954. The molecular formula is C21H24FN3O2. The number of carbonyl (C=O) groups is 2. The summed E-state index contributed by atoms with van der Waals surface area (Å²) >= 11 is 0. The number of hydrogen-bond acceptors (Lipinski definition) is 3. The van der Waals surface area contributed by atoms with Crippen molar-refractivity contribution in [3.8, 4) is 0 Å². The first kappa shape index (κ1) is 19.0. The molecule has 1 fully saturated rings. The second kappa shape index (κ2) is 8.31. The molecule has 5 nitrogen and oxygen atoms in total. The molecule has 2 aromatic rings. The Kier molecular flexibility index (Phi) is 5.86. The van der Waals surface area contributed by atoms with Gasteiger partial charge >= 0.3 is 0 Å². The minimum Gasteiger partial charge on any atom is -0.342 e. The lowest BCUT2D eigenvalue weighted by molar-refractivity contribution is -0.129. The summed E-state index contributed by atoms with van der Waals surface area (Å²) in [6.45, 7) is 4.06. The number of carbonyl (C=O) groups excluding carboxylic acids is 2. The molecule has 1 aliphatic rings. The zero-order valence-corrected chi connectivity index (χ0v) is 15.6. The van der Waals surface area contributed by atoms with Gasteiger partial charge in [0.1, 0.15) is 5.82 Å². The smallest absolute Gasteiger partial charge is 0.255 e. The zero-order chi connectivity index (χ0) is 19.4. The highest BCUT2D eigenvalue weighted by Crippen LogP contribution is 2.18. The molecular weight excluding hydrogens is 345 g/mol. The van der Waals surface area contributed by atoms with Gasteiger partial charge in [0, 0.05) is 50.9 Å². The molecule has 6 heteroatoms. The Morgan fingerprint density at radius 3 is 2.74 bits per heavy atom. The minimum absolute atomic E-state index is 0.0814. The molecule has 0 aromatic heterocycles. The van der Waals surface area contributed by atoms with E-state index in [9.17, 15) is 14.0 Å². The molecule has 0 bridgehead atoms. The summed E-state index contributed by atoms with van der Waals surface area (Å²) in [5.41, 5.74) is 2.00. The third-order valence-electron chi connectivity index (χ3n) is 4.97. The Bertz CT molecular complexity index is 840. The molecule has 0 saturated carbocycles. The average Bonchev–Trinajstić information content (AvgIpc) is 3.09. The van der Waals surface area contributed by atoms with Crippen molar-refractivity contribution in [1.82, 2.24) is 9.80 Å². The fourth-order valence-electron chi connectivity index (χ4n) is 3.37. The van der Waals surface area contributed by atoms with Gasteiger partial charge in [0.15, 0.2) is 0 Å². The van der Waals surface area contributed by atoms with Crippen LogP contribution < -0.4 is 5.32 Å². The van der Waals surface area contributed by atoms with E-state index in [-0.39, 0.29) is 23.7 Å². The van der Waals surface area contributed by atoms with E-state index in [4.69, 9.17) is 0 Å². The van der Waals surface area contributed by atoms with Crippen molar-refractivity contribution in [2.75, 3.05) is 25.5 Å². The first-order valence-corrected chi connectivity index (χ1v) is 9.04. The molecule has 0 aliphatic carbocycles. The predicted octanol–water partition coefficient (Wildman–Crippen LogP) is 3.13. The highest BCUT2D eigenvalue weighted by Gasteiger charge is 2.26. The minimum atomic E-state index is -0.388. The van der Waals surface area contributed by atoms with Crippen LogP contribution in [0.1, 0.15) is 29.3 Å². The van der Waals surface area contributed by atoms with Crippen LogP contribution >= 0.6 is 0 Å². The highest BCUT2D eigenvalue weighted by atomic mass is 19.1. The van der Waals surface area contributed by atoms with Crippen molar-refractivity contribution in [1.29, 1.82) is 0 Å². The third-order valence-corrected chi connectivity index (χ3v) is 4.97. The normalized spacial score (nSPS) is 16.9. The number of halogens is 1. The summed E-state index contributed by atoms with van der Waals surface area (Å²) in [5, 5.41) is 2.72. The molecule has 1 aliphatic heterocycles. The first-order chi connectivity index (χ1) is 12.9. The van der Waals surface area contributed by atoms with Gasteiger partial charge < -0.3 is 10.2 Å². The van der Waals surface area contributed by atoms with Gasteiger partial charge in [0.25, 0.3) is 5.91 Å². The van der Waals surface area contributed by atoms with Gasteiger partial charge in [-0.2, -0.15) is 0 Å². The fourth-order valence-corrected chi connectivity index (χ4v) is 3.37. The molecule has 2 amide bonds. The largest absolute Gasteiger partial charge is 0.342 e. The van der Waals surface area contributed by atoms with Crippen LogP contribution in [0.15, 0.2) is 48.5 Å². The van der Waals surface area contributed by atoms with E-state index in [2.05, 4.69) is 10.2 Å². The van der Waals surface area contributed by atoms with E-state index < -0.39 is 0 Å². The standard InChI is InChI=1S/C21H24FN3O2/c1-15(26)24(2)20-9-10-25(14-20)13-16-5-3-6-17(11-16)21(27)23-19-8-4-7-18(22)12-19/h3-8,11-12,20H,9-10,13-14H2,1-2H3,(H,23,27)/t20-/m1/s1. The number of amides is 2. The summed E-state index contributed by atoms with van der Waals surface area (Å²) in [5.74, 6) is -0.573. The molecule has 0 spiro atoms. The number of benzene rings is 2. The van der Waals surface area contributed by atoms with Gasteiger partial charge in [0.2, 0.25) is 5.91 Å². The molecule has 142 valence electrons. The Balaban J connectivity index is 1.62. The molecule has 2 aromatic carbocycles. The lowest BCUT2D eigenvalue weighted by Gasteiger charge is -2.23. The Morgan fingerprint density at radius 2 is 2.00 bits per heavy atom. The molecule has 0 radical (unpaired) electrons. The lowest BCUT2D eigenvalue weighted by Crippen LogP contribution is -2.37. The van der Waals surface area contributed by atoms with Gasteiger partial charge in [-0.25, -0.2) is 4.39 Å². The highest BCUT2D eigenvalue weighted by molar-refractivity contribution is 6.04. The number of rotatable bonds is 5. The molecule has 1 atom stereocenters. The SMILES string of the molecule is CC(=O)N(C)[C@@H]1CCN(Cc2cccc(C(=O)Nc3cccc(F)c3)c2)C1. The number of likely N-dealkylation sites (N-methyl/N-ethyl adjacent to an activating group) is 1. The number of nitrogens with one attached hydrogen (secondary N) is 1. The summed E-state index contributed by atoms with van der Waals surface area (Å²) < 4.78 is 13.3. The Morgan fingerprint density at radius 1 is 1.22 bits per heavy atom. The zero-order valence-electron chi connectivity index (χ0n) is 15.6. The lowest BCUT2D eigenvalue weighted by atomic mass is 10.1. The van der Waals surface area contributed by atoms with E-state index in [1.807, 2.05) is 25.2 Å². The van der Waals surface area contributed by atoms with Gasteiger partial charge in [-0.05, 0) is 42.3 Å². The summed E-state index contributed by atoms with van der Waals surface area (Å²) in [4.78, 5) is 28.0. The maximum Gasteiger partial charge on any atom is 0.255 e. The van der Waals surface area contributed by atoms with Crippen LogP contribution in [0.2, 0.25) is 0 Å². The monoisotopic (exact) mass is 369 g/mol. The Hall–Kier alpha value is -2.73. The summed E-state index contributed by atoms with van der Waals surface area (Å²) in [6, 6.07) is 13.5. The van der Waals surface area contributed by atoms with Crippen LogP contribution in [-0.2, 0) is 11.3 Å². The van der Waals surface area contributed by atoms with Crippen LogP contribution in [0.25, 0.3) is 0 Å². The van der Waals surface area contributed by atoms with E-state index >= 15 is 0 Å². The van der Waals surface area contributed by atoms with Crippen LogP contribution in [0.4, 0.5) is 10.1 Å². The van der Waals surface area contributed by atoms with Crippen LogP contribution in [0.5, 0.6) is 0 Å². The van der Waals surface area contributed by atoms with Crippen LogP contribution in [0, 0.1) is 5.82 Å². The molecule has 1 N–H and O–H groups in total. The van der Waals surface area contributed by atoms with Crippen molar-refractivity contribution in [3.63, 3.8) is 0 Å². The first-order valence-electron chi connectivity index (χ1n) is 9.04. The topological polar surface area (TPSA) is 52.7 Å². The van der Waals surface area contributed by atoms with Gasteiger partial charge in [0.05, 0.1) is 0 Å². The molecule has 1 heterocycles. The maximum atomic E-state index is 13.3. The molecule has 27 heavy (non-hydrogen) atoms. The number of nitrogens with zero attached hydrogens (tertiary/aromatic N) is 2. The van der Waals surface area contributed by atoms with Gasteiger partial charge in [-0.1, -0.05) is 18.2 Å². The average molecular weight is 369 g/mol. The third kappa shape index (κ3) is 4.92. The predicted molar refractivity (Wildman–Crippen MR) is 103 cm³/mol. The number of anilines is 1. The van der Waals surface area contributed by atoms with E-state index in [0.29, 0.717) is 11.3 Å². The summed E-state index contributed by atoms with van der Waals surface area (Å²) in [7, 11) is 1.84. The number of likely N-dealkylation sites (tertiary alicyclic amines) is 1. The molecule has 1 saturated heterocycles. The quantitative estimate of drug-likeness (QED) is 0.881. The van der Waals surface area contributed by atoms with Crippen molar-refractivity contribution in [2.45, 2.75) is 25.9 Å². The van der Waals surface area contributed by atoms with E-state index in [1.165, 1.54) is 12.1 Å². The van der Waals surface area contributed by atoms with Crippen molar-refractivity contribution in [2.24, 2.45) is 0 Å². The van der Waals surface area contributed by atoms with Crippen molar-refractivity contribution < 1.29 is 14.0 Å². The number of hydrogen-bond donors (Lipinski definition) is 1. The molecule has 0 unspecified atom stereocenters. The fraction of sp³-hybridized carbons (Fsp3) is 0.333. The molecule has 3 rings (SSSR count). The van der Waals surface area contributed by atoms with Gasteiger partial charge in [-0.3, -0.25) is 14.5 Å². The van der Waals surface area contributed by atoms with Crippen molar-refractivity contribution in [3.05, 3.63) is 65.5 Å². The van der Waals surface area contributed by atoms with Crippen LogP contribution in [0.3, 0.4) is 0 Å². The second-order valence-electron chi connectivity index (χ2n) is 6.97. The van der Waals surface area contributed by atoms with Crippen molar-refractivity contribution >= 4 is 17.5 Å². The van der Waals surface area contributed by atoms with E-state index in [0.717, 1.165) is 31.6 Å². The van der Waals surface area contributed by atoms with Gasteiger partial charge in [-0.15, -0.1) is 0 Å².